The molecule has 2 aliphatic heterocycles. The van der Waals surface area contributed by atoms with Crippen molar-refractivity contribution in [1.29, 1.82) is 0 Å². The van der Waals surface area contributed by atoms with Gasteiger partial charge in [0.25, 0.3) is 0 Å². The number of nitrogens with zero attached hydrogens (tertiary/aromatic N) is 3. The van der Waals surface area contributed by atoms with Gasteiger partial charge in [-0.05, 0) is 77.5 Å². The molecule has 4 heterocycles. The van der Waals surface area contributed by atoms with Crippen molar-refractivity contribution < 1.29 is 19.0 Å². The molecule has 2 saturated heterocycles. The average Bonchev–Trinajstić information content (AvgIpc) is 3.36. The Hall–Kier alpha value is -2.10. The average molecular weight is 545 g/mol. The van der Waals surface area contributed by atoms with Gasteiger partial charge in [-0.3, -0.25) is 0 Å². The Morgan fingerprint density at radius 2 is 2.00 bits per heavy atom. The van der Waals surface area contributed by atoms with Crippen LogP contribution in [0.3, 0.4) is 0 Å². The molecule has 8 nitrogen and oxygen atoms in total. The topological polar surface area (TPSA) is 77.9 Å². The van der Waals surface area contributed by atoms with Gasteiger partial charge in [0.05, 0.1) is 12.1 Å². The molecule has 2 aliphatic rings. The summed E-state index contributed by atoms with van der Waals surface area (Å²) in [4.78, 5) is 19.5. The molecule has 1 N–H and O–H groups in total. The molecular formula is C29H48N4O4Si. The van der Waals surface area contributed by atoms with Crippen molar-refractivity contribution in [3.8, 4) is 0 Å². The van der Waals surface area contributed by atoms with Crippen molar-refractivity contribution in [3.63, 3.8) is 0 Å². The quantitative estimate of drug-likeness (QED) is 0.304. The number of carbonyl (C=O) groups is 1. The number of likely N-dealkylation sites (tertiary alicyclic amines) is 1. The van der Waals surface area contributed by atoms with Gasteiger partial charge in [-0.2, -0.15) is 0 Å². The number of hydrogen-bond donors (Lipinski definition) is 1. The maximum Gasteiger partial charge on any atom is 0.410 e. The summed E-state index contributed by atoms with van der Waals surface area (Å²) in [7, 11) is -1.15. The molecular weight excluding hydrogens is 496 g/mol. The van der Waals surface area contributed by atoms with Crippen LogP contribution in [0.4, 0.5) is 10.5 Å². The lowest BCUT2D eigenvalue weighted by atomic mass is 9.88. The molecule has 4 rings (SSSR count). The highest BCUT2D eigenvalue weighted by Gasteiger charge is 2.37. The number of amides is 1. The minimum Gasteiger partial charge on any atom is -0.444 e. The lowest BCUT2D eigenvalue weighted by Crippen LogP contribution is -2.42. The Balaban J connectivity index is 1.59. The van der Waals surface area contributed by atoms with Crippen LogP contribution >= 0.6 is 0 Å². The third-order valence-electron chi connectivity index (χ3n) is 7.66. The summed E-state index contributed by atoms with van der Waals surface area (Å²) in [6, 6.07) is 3.37. The largest absolute Gasteiger partial charge is 0.444 e. The summed E-state index contributed by atoms with van der Waals surface area (Å²) >= 11 is 0. The standard InChI is InChI=1S/C29H48N4O4Si/c1-20-17-22(11-14-36-20)23-18-32(19-35-15-16-38(6,7)8)27-26(23)25(9-12-30-27)31-24-10-13-33(21(24)2)28(34)37-29(3,4)5/h9,12,18,20-22,24H,10-11,13-17,19H2,1-8H3,(H,30,31)/t20?,21-,22?,24-/m1/s1. The van der Waals surface area contributed by atoms with Gasteiger partial charge in [0.1, 0.15) is 18.0 Å². The minimum absolute atomic E-state index is 0.0200. The second-order valence-electron chi connectivity index (χ2n) is 13.3. The van der Waals surface area contributed by atoms with E-state index in [1.807, 2.05) is 31.9 Å². The molecule has 1 amide bonds. The monoisotopic (exact) mass is 544 g/mol. The van der Waals surface area contributed by atoms with Gasteiger partial charge in [0, 0.05) is 57.3 Å². The van der Waals surface area contributed by atoms with Crippen LogP contribution in [0.1, 0.15) is 65.4 Å². The number of hydrogen-bond acceptors (Lipinski definition) is 6. The Morgan fingerprint density at radius 1 is 1.24 bits per heavy atom. The van der Waals surface area contributed by atoms with Crippen LogP contribution in [-0.4, -0.2) is 72.2 Å². The SMILES string of the molecule is CC1CC(c2cn(COCC[Si](C)(C)C)c3nccc(N[C@@H]4CCN(C(=O)OC(C)(C)C)[C@@H]4C)c23)CCO1. The molecule has 0 spiro atoms. The molecule has 2 aromatic heterocycles. The predicted molar refractivity (Wildman–Crippen MR) is 156 cm³/mol. The predicted octanol–water partition coefficient (Wildman–Crippen LogP) is 6.44. The van der Waals surface area contributed by atoms with E-state index in [0.29, 0.717) is 19.2 Å². The van der Waals surface area contributed by atoms with Crippen LogP contribution in [-0.2, 0) is 20.9 Å². The number of anilines is 1. The highest BCUT2D eigenvalue weighted by Crippen LogP contribution is 2.39. The molecule has 2 aromatic rings. The first-order valence-electron chi connectivity index (χ1n) is 14.3. The maximum absolute atomic E-state index is 12.8. The van der Waals surface area contributed by atoms with Crippen LogP contribution in [0, 0.1) is 0 Å². The number of aromatic nitrogens is 2. The first-order valence-corrected chi connectivity index (χ1v) is 18.0. The van der Waals surface area contributed by atoms with Crippen LogP contribution in [0.5, 0.6) is 0 Å². The Bertz CT molecular complexity index is 1110. The van der Waals surface area contributed by atoms with Crippen molar-refractivity contribution in [1.82, 2.24) is 14.5 Å². The van der Waals surface area contributed by atoms with Crippen molar-refractivity contribution in [3.05, 3.63) is 24.0 Å². The van der Waals surface area contributed by atoms with E-state index in [1.165, 1.54) is 10.9 Å². The fourth-order valence-corrected chi connectivity index (χ4v) is 6.26. The molecule has 0 saturated carbocycles. The summed E-state index contributed by atoms with van der Waals surface area (Å²) in [6.45, 7) is 19.8. The maximum atomic E-state index is 12.8. The summed E-state index contributed by atoms with van der Waals surface area (Å²) in [5.41, 5.74) is 2.84. The van der Waals surface area contributed by atoms with Crippen molar-refractivity contribution >= 4 is 30.9 Å². The van der Waals surface area contributed by atoms with E-state index in [-0.39, 0.29) is 24.3 Å². The summed E-state index contributed by atoms with van der Waals surface area (Å²) < 4.78 is 19.9. The molecule has 0 aromatic carbocycles. The van der Waals surface area contributed by atoms with Gasteiger partial charge in [-0.25, -0.2) is 9.78 Å². The van der Waals surface area contributed by atoms with E-state index in [9.17, 15) is 4.79 Å². The van der Waals surface area contributed by atoms with Gasteiger partial charge in [0.15, 0.2) is 0 Å². The van der Waals surface area contributed by atoms with Crippen molar-refractivity contribution in [2.75, 3.05) is 25.1 Å². The molecule has 9 heteroatoms. The number of rotatable bonds is 8. The number of pyridine rings is 1. The molecule has 2 fully saturated rings. The second kappa shape index (κ2) is 11.6. The number of nitrogens with one attached hydrogen (secondary N) is 1. The normalized spacial score (nSPS) is 24.7. The van der Waals surface area contributed by atoms with Gasteiger partial charge < -0.3 is 29.0 Å². The third-order valence-corrected chi connectivity index (χ3v) is 9.37. The minimum atomic E-state index is -1.15. The van der Waals surface area contributed by atoms with Gasteiger partial charge >= 0.3 is 6.09 Å². The highest BCUT2D eigenvalue weighted by atomic mass is 28.3. The van der Waals surface area contributed by atoms with Crippen LogP contribution in [0.2, 0.25) is 25.7 Å². The summed E-state index contributed by atoms with van der Waals surface area (Å²) in [5.74, 6) is 0.411. The van der Waals surface area contributed by atoms with E-state index in [4.69, 9.17) is 19.2 Å². The van der Waals surface area contributed by atoms with Crippen molar-refractivity contribution in [2.24, 2.45) is 0 Å². The van der Waals surface area contributed by atoms with E-state index < -0.39 is 13.7 Å². The Kier molecular flexibility index (Phi) is 8.79. The lowest BCUT2D eigenvalue weighted by Gasteiger charge is -2.29. The second-order valence-corrected chi connectivity index (χ2v) is 18.9. The molecule has 38 heavy (non-hydrogen) atoms. The number of carbonyl (C=O) groups excluding carboxylic acids is 1. The summed E-state index contributed by atoms with van der Waals surface area (Å²) in [5, 5.41) is 4.97. The molecule has 2 unspecified atom stereocenters. The van der Waals surface area contributed by atoms with E-state index in [1.54, 1.807) is 0 Å². The smallest absolute Gasteiger partial charge is 0.410 e. The van der Waals surface area contributed by atoms with Crippen LogP contribution in [0.25, 0.3) is 11.0 Å². The fraction of sp³-hybridized carbons (Fsp3) is 0.724. The Morgan fingerprint density at radius 3 is 2.68 bits per heavy atom. The first-order chi connectivity index (χ1) is 17.8. The van der Waals surface area contributed by atoms with Gasteiger partial charge in [0.2, 0.25) is 0 Å². The molecule has 212 valence electrons. The zero-order valence-corrected chi connectivity index (χ0v) is 25.7. The van der Waals surface area contributed by atoms with Gasteiger partial charge in [-0.15, -0.1) is 0 Å². The molecule has 0 radical (unpaired) electrons. The van der Waals surface area contributed by atoms with Crippen LogP contribution in [0.15, 0.2) is 18.5 Å². The molecule has 0 aliphatic carbocycles. The highest BCUT2D eigenvalue weighted by molar-refractivity contribution is 6.76. The molecule has 0 bridgehead atoms. The van der Waals surface area contributed by atoms with E-state index >= 15 is 0 Å². The Labute approximate surface area is 229 Å². The van der Waals surface area contributed by atoms with E-state index in [0.717, 1.165) is 49.9 Å². The summed E-state index contributed by atoms with van der Waals surface area (Å²) in [6.07, 6.45) is 7.00. The van der Waals surface area contributed by atoms with E-state index in [2.05, 4.69) is 55.6 Å². The van der Waals surface area contributed by atoms with Crippen LogP contribution < -0.4 is 5.32 Å². The lowest BCUT2D eigenvalue weighted by molar-refractivity contribution is 0.0187. The van der Waals surface area contributed by atoms with Crippen molar-refractivity contribution in [2.45, 2.75) is 116 Å². The molecule has 4 atom stereocenters. The fourth-order valence-electron chi connectivity index (χ4n) is 5.51. The number of ether oxygens (including phenoxy) is 3. The zero-order valence-electron chi connectivity index (χ0n) is 24.7. The first kappa shape index (κ1) is 28.9. The number of fused-ring (bicyclic) bond motifs is 1. The third kappa shape index (κ3) is 7.10. The van der Waals surface area contributed by atoms with Gasteiger partial charge in [-0.1, -0.05) is 19.6 Å². The zero-order chi connectivity index (χ0) is 27.7.